The highest BCUT2D eigenvalue weighted by atomic mass is 32.1. The lowest BCUT2D eigenvalue weighted by atomic mass is 9.93. The molecule has 1 unspecified atom stereocenters. The first-order valence-electron chi connectivity index (χ1n) is 8.08. The number of rotatable bonds is 7. The van der Waals surface area contributed by atoms with Crippen molar-refractivity contribution in [1.29, 1.82) is 0 Å². The van der Waals surface area contributed by atoms with Crippen LogP contribution in [0.5, 0.6) is 0 Å². The van der Waals surface area contributed by atoms with Gasteiger partial charge in [0.15, 0.2) is 0 Å². The first kappa shape index (κ1) is 16.3. The van der Waals surface area contributed by atoms with E-state index in [0.717, 1.165) is 25.8 Å². The van der Waals surface area contributed by atoms with E-state index in [0.29, 0.717) is 6.04 Å². The fourth-order valence-electron chi connectivity index (χ4n) is 2.86. The van der Waals surface area contributed by atoms with Crippen molar-refractivity contribution in [2.45, 2.75) is 53.0 Å². The van der Waals surface area contributed by atoms with Crippen molar-refractivity contribution in [2.24, 2.45) is 0 Å². The second-order valence-electron chi connectivity index (χ2n) is 5.63. The van der Waals surface area contributed by atoms with E-state index in [2.05, 4.69) is 62.0 Å². The normalized spacial score (nSPS) is 12.6. The predicted molar refractivity (Wildman–Crippen MR) is 94.4 cm³/mol. The van der Waals surface area contributed by atoms with Crippen molar-refractivity contribution in [1.82, 2.24) is 5.32 Å². The quantitative estimate of drug-likeness (QED) is 0.734. The van der Waals surface area contributed by atoms with Gasteiger partial charge in [0.1, 0.15) is 0 Å². The zero-order chi connectivity index (χ0) is 15.2. The zero-order valence-corrected chi connectivity index (χ0v) is 14.5. The van der Waals surface area contributed by atoms with Crippen molar-refractivity contribution in [3.63, 3.8) is 0 Å². The molecule has 2 aromatic rings. The third-order valence-electron chi connectivity index (χ3n) is 4.13. The SMILES string of the molecule is CCCNC(c1ccc(CC)c(CC)c1)c1cscc1C. The fourth-order valence-corrected chi connectivity index (χ4v) is 3.74. The lowest BCUT2D eigenvalue weighted by Gasteiger charge is -2.21. The van der Waals surface area contributed by atoms with E-state index < -0.39 is 0 Å². The number of benzene rings is 1. The summed E-state index contributed by atoms with van der Waals surface area (Å²) in [4.78, 5) is 0. The number of hydrogen-bond acceptors (Lipinski definition) is 2. The molecule has 0 saturated heterocycles. The molecule has 0 aliphatic carbocycles. The maximum absolute atomic E-state index is 3.72. The average molecular weight is 301 g/mol. The second-order valence-corrected chi connectivity index (χ2v) is 6.38. The average Bonchev–Trinajstić information content (AvgIpc) is 2.93. The van der Waals surface area contributed by atoms with E-state index in [1.807, 2.05) is 0 Å². The van der Waals surface area contributed by atoms with Crippen molar-refractivity contribution in [3.8, 4) is 0 Å². The van der Waals surface area contributed by atoms with E-state index in [1.165, 1.54) is 27.8 Å². The van der Waals surface area contributed by atoms with Crippen molar-refractivity contribution < 1.29 is 0 Å². The van der Waals surface area contributed by atoms with E-state index >= 15 is 0 Å². The first-order valence-corrected chi connectivity index (χ1v) is 9.03. The first-order chi connectivity index (χ1) is 10.2. The summed E-state index contributed by atoms with van der Waals surface area (Å²) in [7, 11) is 0. The number of nitrogens with one attached hydrogen (secondary N) is 1. The van der Waals surface area contributed by atoms with Crippen molar-refractivity contribution >= 4 is 11.3 Å². The molecule has 0 radical (unpaired) electrons. The second kappa shape index (κ2) is 7.77. The van der Waals surface area contributed by atoms with Gasteiger partial charge in [0, 0.05) is 0 Å². The molecule has 0 aliphatic rings. The number of thiophene rings is 1. The summed E-state index contributed by atoms with van der Waals surface area (Å²) in [6.45, 7) is 9.99. The Labute approximate surface area is 133 Å². The minimum absolute atomic E-state index is 0.326. The van der Waals surface area contributed by atoms with Crippen LogP contribution in [0.4, 0.5) is 0 Å². The molecule has 1 heterocycles. The molecule has 1 aromatic heterocycles. The smallest absolute Gasteiger partial charge is 0.0587 e. The van der Waals surface area contributed by atoms with Crippen LogP contribution < -0.4 is 5.32 Å². The molecular formula is C19H27NS. The van der Waals surface area contributed by atoms with Gasteiger partial charge in [-0.15, -0.1) is 0 Å². The highest BCUT2D eigenvalue weighted by Gasteiger charge is 2.17. The van der Waals surface area contributed by atoms with E-state index in [-0.39, 0.29) is 0 Å². The van der Waals surface area contributed by atoms with Crippen LogP contribution in [0.15, 0.2) is 29.0 Å². The van der Waals surface area contributed by atoms with Crippen LogP contribution >= 0.6 is 11.3 Å². The molecule has 1 nitrogen and oxygen atoms in total. The van der Waals surface area contributed by atoms with Gasteiger partial charge in [-0.2, -0.15) is 11.3 Å². The summed E-state index contributed by atoms with van der Waals surface area (Å²) in [6, 6.07) is 7.36. The topological polar surface area (TPSA) is 12.0 Å². The van der Waals surface area contributed by atoms with Gasteiger partial charge in [-0.1, -0.05) is 39.0 Å². The Hall–Kier alpha value is -1.12. The highest BCUT2D eigenvalue weighted by molar-refractivity contribution is 7.08. The minimum Gasteiger partial charge on any atom is -0.306 e. The van der Waals surface area contributed by atoms with Gasteiger partial charge in [-0.3, -0.25) is 0 Å². The fraction of sp³-hybridized carbons (Fsp3) is 0.474. The van der Waals surface area contributed by atoms with Crippen LogP contribution in [-0.2, 0) is 12.8 Å². The Bertz CT molecular complexity index is 571. The standard InChI is InChI=1S/C19H27NS/c1-5-10-20-19(18-13-21-12-14(18)4)17-9-8-15(6-2)16(7-3)11-17/h8-9,11-13,19-20H,5-7,10H2,1-4H3. The summed E-state index contributed by atoms with van der Waals surface area (Å²) in [5.74, 6) is 0. The monoisotopic (exact) mass is 301 g/mol. The number of aryl methyl sites for hydroxylation is 3. The Morgan fingerprint density at radius 3 is 2.38 bits per heavy atom. The molecule has 21 heavy (non-hydrogen) atoms. The van der Waals surface area contributed by atoms with E-state index in [4.69, 9.17) is 0 Å². The van der Waals surface area contributed by atoms with Crippen LogP contribution in [0, 0.1) is 6.92 Å². The van der Waals surface area contributed by atoms with Crippen LogP contribution in [0.1, 0.15) is 61.1 Å². The summed E-state index contributed by atoms with van der Waals surface area (Å²) in [6.07, 6.45) is 3.39. The molecular weight excluding hydrogens is 274 g/mol. The molecule has 1 N–H and O–H groups in total. The lowest BCUT2D eigenvalue weighted by Crippen LogP contribution is -2.23. The largest absolute Gasteiger partial charge is 0.306 e. The molecule has 1 aromatic carbocycles. The molecule has 0 fully saturated rings. The molecule has 0 spiro atoms. The molecule has 2 rings (SSSR count). The van der Waals surface area contributed by atoms with E-state index in [1.54, 1.807) is 11.3 Å². The molecule has 2 heteroatoms. The van der Waals surface area contributed by atoms with Gasteiger partial charge >= 0.3 is 0 Å². The molecule has 114 valence electrons. The zero-order valence-electron chi connectivity index (χ0n) is 13.7. The van der Waals surface area contributed by atoms with Crippen molar-refractivity contribution in [3.05, 3.63) is 56.8 Å². The van der Waals surface area contributed by atoms with Gasteiger partial charge in [0.2, 0.25) is 0 Å². The summed E-state index contributed by atoms with van der Waals surface area (Å²) in [5.41, 5.74) is 7.20. The molecule has 0 aliphatic heterocycles. The van der Waals surface area contributed by atoms with E-state index in [9.17, 15) is 0 Å². The molecule has 0 amide bonds. The highest BCUT2D eigenvalue weighted by Crippen LogP contribution is 2.29. The van der Waals surface area contributed by atoms with Gasteiger partial charge in [-0.25, -0.2) is 0 Å². The van der Waals surface area contributed by atoms with Crippen LogP contribution in [0.25, 0.3) is 0 Å². The van der Waals surface area contributed by atoms with Crippen LogP contribution in [0.3, 0.4) is 0 Å². The third kappa shape index (κ3) is 3.75. The van der Waals surface area contributed by atoms with Gasteiger partial charge in [0.05, 0.1) is 6.04 Å². The Kier molecular flexibility index (Phi) is 6.01. The van der Waals surface area contributed by atoms with Gasteiger partial charge in [0.25, 0.3) is 0 Å². The summed E-state index contributed by atoms with van der Waals surface area (Å²) < 4.78 is 0. The predicted octanol–water partition coefficient (Wildman–Crippen LogP) is 5.27. The molecule has 0 saturated carbocycles. The van der Waals surface area contributed by atoms with Crippen molar-refractivity contribution in [2.75, 3.05) is 6.54 Å². The summed E-state index contributed by atoms with van der Waals surface area (Å²) >= 11 is 1.80. The Morgan fingerprint density at radius 1 is 1.05 bits per heavy atom. The maximum atomic E-state index is 3.72. The maximum Gasteiger partial charge on any atom is 0.0587 e. The molecule has 1 atom stereocenters. The van der Waals surface area contributed by atoms with Crippen LogP contribution in [-0.4, -0.2) is 6.54 Å². The van der Waals surface area contributed by atoms with Crippen LogP contribution in [0.2, 0.25) is 0 Å². The Morgan fingerprint density at radius 2 is 1.81 bits per heavy atom. The van der Waals surface area contributed by atoms with Gasteiger partial charge in [-0.05, 0) is 71.3 Å². The third-order valence-corrected chi connectivity index (χ3v) is 5.01. The molecule has 0 bridgehead atoms. The Balaban J connectivity index is 2.39. The lowest BCUT2D eigenvalue weighted by molar-refractivity contribution is 0.597. The van der Waals surface area contributed by atoms with Gasteiger partial charge < -0.3 is 5.32 Å². The minimum atomic E-state index is 0.326. The number of hydrogen-bond donors (Lipinski definition) is 1. The summed E-state index contributed by atoms with van der Waals surface area (Å²) in [5, 5.41) is 8.27.